The van der Waals surface area contributed by atoms with Gasteiger partial charge in [-0.15, -0.1) is 0 Å². The molecule has 21 heavy (non-hydrogen) atoms. The topological polar surface area (TPSA) is 66.4 Å². The molecule has 0 aliphatic carbocycles. The van der Waals surface area contributed by atoms with E-state index in [0.29, 0.717) is 19.4 Å². The van der Waals surface area contributed by atoms with Gasteiger partial charge in [-0.1, -0.05) is 24.4 Å². The molecular formula is C14H16ClF2NO3. The monoisotopic (exact) mass is 319 g/mol. The van der Waals surface area contributed by atoms with Crippen LogP contribution >= 0.6 is 11.6 Å². The van der Waals surface area contributed by atoms with Crippen LogP contribution < -0.4 is 5.32 Å². The highest BCUT2D eigenvalue weighted by Gasteiger charge is 2.14. The van der Waals surface area contributed by atoms with Crippen molar-refractivity contribution in [3.63, 3.8) is 0 Å². The molecule has 0 aliphatic rings. The number of carboxylic acids is 1. The summed E-state index contributed by atoms with van der Waals surface area (Å²) < 4.78 is 25.9. The van der Waals surface area contributed by atoms with Crippen molar-refractivity contribution in [2.45, 2.75) is 32.1 Å². The molecule has 0 spiro atoms. The number of amides is 1. The summed E-state index contributed by atoms with van der Waals surface area (Å²) in [5.74, 6) is -3.62. The fourth-order valence-corrected chi connectivity index (χ4v) is 1.98. The number of hydrogen-bond acceptors (Lipinski definition) is 2. The Hall–Kier alpha value is -1.69. The predicted octanol–water partition coefficient (Wildman–Crippen LogP) is 3.38. The second-order valence-electron chi connectivity index (χ2n) is 4.56. The average molecular weight is 320 g/mol. The van der Waals surface area contributed by atoms with Gasteiger partial charge in [0.05, 0.1) is 10.6 Å². The van der Waals surface area contributed by atoms with Gasteiger partial charge in [0.2, 0.25) is 0 Å². The lowest BCUT2D eigenvalue weighted by Gasteiger charge is -2.07. The number of unbranched alkanes of at least 4 members (excludes halogenated alkanes) is 3. The summed E-state index contributed by atoms with van der Waals surface area (Å²) in [6.45, 7) is 0.362. The predicted molar refractivity (Wildman–Crippen MR) is 74.4 cm³/mol. The van der Waals surface area contributed by atoms with Gasteiger partial charge in [-0.2, -0.15) is 0 Å². The Morgan fingerprint density at radius 3 is 2.38 bits per heavy atom. The van der Waals surface area contributed by atoms with Crippen LogP contribution in [-0.2, 0) is 4.79 Å². The molecule has 116 valence electrons. The number of carbonyl (C=O) groups is 2. The van der Waals surface area contributed by atoms with E-state index >= 15 is 0 Å². The molecule has 0 unspecified atom stereocenters. The molecule has 0 saturated carbocycles. The molecule has 0 aromatic heterocycles. The van der Waals surface area contributed by atoms with Crippen molar-refractivity contribution < 1.29 is 23.5 Å². The minimum atomic E-state index is -1.13. The van der Waals surface area contributed by atoms with Gasteiger partial charge in [0.25, 0.3) is 5.91 Å². The van der Waals surface area contributed by atoms with Crippen molar-refractivity contribution in [2.75, 3.05) is 6.54 Å². The number of carbonyl (C=O) groups excluding carboxylic acids is 1. The number of rotatable bonds is 8. The summed E-state index contributed by atoms with van der Waals surface area (Å²) in [5.41, 5.74) is -0.110. The van der Waals surface area contributed by atoms with Crippen molar-refractivity contribution in [1.29, 1.82) is 0 Å². The van der Waals surface area contributed by atoms with E-state index in [1.807, 2.05) is 0 Å². The van der Waals surface area contributed by atoms with Crippen LogP contribution in [0.5, 0.6) is 0 Å². The van der Waals surface area contributed by atoms with Crippen LogP contribution in [0.15, 0.2) is 12.1 Å². The Bertz CT molecular complexity index is 523. The summed E-state index contributed by atoms with van der Waals surface area (Å²) in [4.78, 5) is 22.0. The lowest BCUT2D eigenvalue weighted by Crippen LogP contribution is -2.25. The first-order valence-corrected chi connectivity index (χ1v) is 6.94. The van der Waals surface area contributed by atoms with Crippen LogP contribution in [0.1, 0.15) is 42.5 Å². The lowest BCUT2D eigenvalue weighted by atomic mass is 10.1. The molecule has 0 aliphatic heterocycles. The summed E-state index contributed by atoms with van der Waals surface area (Å²) in [5, 5.41) is 10.9. The van der Waals surface area contributed by atoms with Gasteiger partial charge in [-0.05, 0) is 25.0 Å². The third kappa shape index (κ3) is 6.08. The van der Waals surface area contributed by atoms with Gasteiger partial charge in [0.15, 0.2) is 11.6 Å². The maximum absolute atomic E-state index is 13.1. The van der Waals surface area contributed by atoms with E-state index < -0.39 is 23.5 Å². The summed E-state index contributed by atoms with van der Waals surface area (Å²) in [6, 6.07) is 1.53. The van der Waals surface area contributed by atoms with Gasteiger partial charge in [-0.25, -0.2) is 8.78 Å². The standard InChI is InChI=1S/C14H16ClF2NO3/c15-10-8-12(17)11(16)7-9(10)14(21)18-6-4-2-1-3-5-13(19)20/h7-8H,1-6H2,(H,18,21)(H,19,20). The molecule has 2 N–H and O–H groups in total. The zero-order valence-corrected chi connectivity index (χ0v) is 12.1. The van der Waals surface area contributed by atoms with Crippen LogP contribution in [0, 0.1) is 11.6 Å². The molecule has 0 heterocycles. The van der Waals surface area contributed by atoms with E-state index in [1.54, 1.807) is 0 Å². The maximum atomic E-state index is 13.1. The molecule has 0 saturated heterocycles. The molecule has 0 bridgehead atoms. The third-order valence-corrected chi connectivity index (χ3v) is 3.17. The zero-order valence-electron chi connectivity index (χ0n) is 11.3. The lowest BCUT2D eigenvalue weighted by molar-refractivity contribution is -0.137. The smallest absolute Gasteiger partial charge is 0.303 e. The van der Waals surface area contributed by atoms with E-state index in [-0.39, 0.29) is 17.0 Å². The average Bonchev–Trinajstić information content (AvgIpc) is 2.41. The van der Waals surface area contributed by atoms with Crippen LogP contribution in [0.2, 0.25) is 5.02 Å². The van der Waals surface area contributed by atoms with E-state index in [9.17, 15) is 18.4 Å². The molecule has 0 radical (unpaired) electrons. The Kier molecular flexibility index (Phi) is 7.08. The Labute approximate surface area is 126 Å². The summed E-state index contributed by atoms with van der Waals surface area (Å²) >= 11 is 5.68. The normalized spacial score (nSPS) is 10.4. The Morgan fingerprint density at radius 1 is 1.10 bits per heavy atom. The highest BCUT2D eigenvalue weighted by Crippen LogP contribution is 2.19. The minimum absolute atomic E-state index is 0.110. The Morgan fingerprint density at radius 2 is 1.71 bits per heavy atom. The van der Waals surface area contributed by atoms with Gasteiger partial charge >= 0.3 is 5.97 Å². The minimum Gasteiger partial charge on any atom is -0.481 e. The maximum Gasteiger partial charge on any atom is 0.303 e. The SMILES string of the molecule is O=C(O)CCCCCCNC(=O)c1cc(F)c(F)cc1Cl. The first-order chi connectivity index (χ1) is 9.91. The molecule has 4 nitrogen and oxygen atoms in total. The number of benzene rings is 1. The van der Waals surface area contributed by atoms with E-state index in [4.69, 9.17) is 16.7 Å². The second-order valence-corrected chi connectivity index (χ2v) is 4.97. The van der Waals surface area contributed by atoms with Crippen molar-refractivity contribution in [2.24, 2.45) is 0 Å². The quantitative estimate of drug-likeness (QED) is 0.570. The Balaban J connectivity index is 2.31. The first-order valence-electron chi connectivity index (χ1n) is 6.56. The summed E-state index contributed by atoms with van der Waals surface area (Å²) in [6.07, 6.45) is 2.94. The van der Waals surface area contributed by atoms with Crippen molar-refractivity contribution in [1.82, 2.24) is 5.32 Å². The molecule has 1 aromatic rings. The van der Waals surface area contributed by atoms with Gasteiger partial charge < -0.3 is 10.4 Å². The number of hydrogen-bond donors (Lipinski definition) is 2. The first kappa shape index (κ1) is 17.4. The summed E-state index contributed by atoms with van der Waals surface area (Å²) in [7, 11) is 0. The molecule has 1 rings (SSSR count). The van der Waals surface area contributed by atoms with Crippen LogP contribution in [0.4, 0.5) is 8.78 Å². The molecule has 0 atom stereocenters. The number of carboxylic acid groups (broad SMARTS) is 1. The third-order valence-electron chi connectivity index (χ3n) is 2.86. The molecule has 1 amide bonds. The van der Waals surface area contributed by atoms with E-state index in [1.165, 1.54) is 0 Å². The van der Waals surface area contributed by atoms with Crippen molar-refractivity contribution in [3.05, 3.63) is 34.4 Å². The van der Waals surface area contributed by atoms with E-state index in [0.717, 1.165) is 25.0 Å². The highest BCUT2D eigenvalue weighted by molar-refractivity contribution is 6.33. The van der Waals surface area contributed by atoms with Crippen molar-refractivity contribution >= 4 is 23.5 Å². The number of aliphatic carboxylic acids is 1. The zero-order chi connectivity index (χ0) is 15.8. The molecule has 7 heteroatoms. The fourth-order valence-electron chi connectivity index (χ4n) is 1.75. The van der Waals surface area contributed by atoms with Gasteiger partial charge in [-0.3, -0.25) is 9.59 Å². The number of nitrogens with one attached hydrogen (secondary N) is 1. The van der Waals surface area contributed by atoms with Crippen LogP contribution in [0.25, 0.3) is 0 Å². The highest BCUT2D eigenvalue weighted by atomic mass is 35.5. The largest absolute Gasteiger partial charge is 0.481 e. The number of halogens is 3. The molecule has 0 fully saturated rings. The molecule has 1 aromatic carbocycles. The van der Waals surface area contributed by atoms with Crippen molar-refractivity contribution in [3.8, 4) is 0 Å². The fraction of sp³-hybridized carbons (Fsp3) is 0.429. The van der Waals surface area contributed by atoms with Gasteiger partial charge in [0, 0.05) is 13.0 Å². The van der Waals surface area contributed by atoms with Gasteiger partial charge in [0.1, 0.15) is 0 Å². The molecular weight excluding hydrogens is 304 g/mol. The van der Waals surface area contributed by atoms with Crippen LogP contribution in [-0.4, -0.2) is 23.5 Å². The second kappa shape index (κ2) is 8.56. The van der Waals surface area contributed by atoms with Crippen LogP contribution in [0.3, 0.4) is 0 Å². The van der Waals surface area contributed by atoms with E-state index in [2.05, 4.69) is 5.32 Å².